The molecule has 0 aromatic heterocycles. The van der Waals surface area contributed by atoms with Gasteiger partial charge in [-0.3, -0.25) is 14.4 Å². The number of rotatable bonds is 37. The van der Waals surface area contributed by atoms with Crippen molar-refractivity contribution in [3.05, 3.63) is 72.9 Å². The minimum absolute atomic E-state index is 0.105. The van der Waals surface area contributed by atoms with Crippen LogP contribution in [0.1, 0.15) is 188 Å². The van der Waals surface area contributed by atoms with Crippen molar-refractivity contribution in [2.24, 2.45) is 0 Å². The van der Waals surface area contributed by atoms with Gasteiger partial charge in [0.05, 0.1) is 0 Å². The van der Waals surface area contributed by atoms with Crippen LogP contribution in [0.2, 0.25) is 0 Å². The summed E-state index contributed by atoms with van der Waals surface area (Å²) in [4.78, 5) is 37.4. The molecule has 0 aliphatic rings. The molecule has 0 bridgehead atoms. The van der Waals surface area contributed by atoms with Gasteiger partial charge >= 0.3 is 17.9 Å². The van der Waals surface area contributed by atoms with E-state index in [0.717, 1.165) is 77.0 Å². The number of unbranched alkanes of at least 4 members (excludes halogenated alkanes) is 14. The van der Waals surface area contributed by atoms with Gasteiger partial charge < -0.3 is 14.2 Å². The molecule has 302 valence electrons. The smallest absolute Gasteiger partial charge is 0.306 e. The quantitative estimate of drug-likeness (QED) is 0.0273. The van der Waals surface area contributed by atoms with Crippen molar-refractivity contribution in [3.63, 3.8) is 0 Å². The van der Waals surface area contributed by atoms with Crippen molar-refractivity contribution in [1.82, 2.24) is 0 Å². The van der Waals surface area contributed by atoms with Crippen LogP contribution in [0.5, 0.6) is 0 Å². The Morgan fingerprint density at radius 3 is 1.11 bits per heavy atom. The molecule has 0 unspecified atom stereocenters. The monoisotopic (exact) mass is 739 g/mol. The first-order chi connectivity index (χ1) is 26.0. The Morgan fingerprint density at radius 1 is 0.396 bits per heavy atom. The zero-order valence-corrected chi connectivity index (χ0v) is 34.3. The van der Waals surface area contributed by atoms with E-state index in [2.05, 4.69) is 81.5 Å². The average Bonchev–Trinajstić information content (AvgIpc) is 3.15. The fourth-order valence-corrected chi connectivity index (χ4v) is 5.52. The molecular formula is C47H78O6. The number of hydrogen-bond donors (Lipinski definition) is 0. The highest BCUT2D eigenvalue weighted by molar-refractivity contribution is 5.71. The summed E-state index contributed by atoms with van der Waals surface area (Å²) in [7, 11) is 0. The van der Waals surface area contributed by atoms with Gasteiger partial charge in [-0.25, -0.2) is 0 Å². The summed E-state index contributed by atoms with van der Waals surface area (Å²) in [6.07, 6.45) is 50.5. The molecule has 0 radical (unpaired) electrons. The lowest BCUT2D eigenvalue weighted by atomic mass is 10.1. The third kappa shape index (κ3) is 39.9. The Balaban J connectivity index is 4.46. The van der Waals surface area contributed by atoms with Gasteiger partial charge in [-0.05, 0) is 57.8 Å². The molecule has 0 heterocycles. The van der Waals surface area contributed by atoms with Crippen molar-refractivity contribution in [2.45, 2.75) is 194 Å². The number of carbonyl (C=O) groups is 3. The zero-order valence-electron chi connectivity index (χ0n) is 34.3. The fraction of sp³-hybridized carbons (Fsp3) is 0.681. The van der Waals surface area contributed by atoms with E-state index in [9.17, 15) is 14.4 Å². The largest absolute Gasteiger partial charge is 0.462 e. The summed E-state index contributed by atoms with van der Waals surface area (Å²) >= 11 is 0. The third-order valence-corrected chi connectivity index (χ3v) is 8.74. The molecule has 0 aliphatic carbocycles. The van der Waals surface area contributed by atoms with Gasteiger partial charge in [-0.15, -0.1) is 0 Å². The maximum Gasteiger partial charge on any atom is 0.306 e. The van der Waals surface area contributed by atoms with Gasteiger partial charge in [0.25, 0.3) is 0 Å². The summed E-state index contributed by atoms with van der Waals surface area (Å²) < 4.78 is 16.5. The second-order valence-electron chi connectivity index (χ2n) is 13.9. The molecule has 6 nitrogen and oxygen atoms in total. The summed E-state index contributed by atoms with van der Waals surface area (Å²) in [5.41, 5.74) is 0. The molecule has 0 fully saturated rings. The minimum Gasteiger partial charge on any atom is -0.462 e. The van der Waals surface area contributed by atoms with Crippen LogP contribution < -0.4 is 0 Å². The Hall–Kier alpha value is -3.15. The summed E-state index contributed by atoms with van der Waals surface area (Å²) in [5, 5.41) is 0. The fourth-order valence-electron chi connectivity index (χ4n) is 5.52. The van der Waals surface area contributed by atoms with Crippen molar-refractivity contribution < 1.29 is 28.6 Å². The number of allylic oxidation sites excluding steroid dienone is 12. The van der Waals surface area contributed by atoms with Gasteiger partial charge in [-0.2, -0.15) is 0 Å². The highest BCUT2D eigenvalue weighted by Crippen LogP contribution is 2.12. The standard InChI is InChI=1S/C47H78O6/c1-4-7-10-13-16-19-20-21-22-23-24-25-26-27-28-29-32-35-38-41-47(50)53-44(42-51-45(48)39-36-33-30-17-14-11-8-5-2)43-52-46(49)40-37-34-31-18-15-12-9-6-3/h7,10,16,19,21-22,24-25,27-28,32,35,44H,4-6,8-9,11-15,17-18,20,23,26,29-31,33-34,36-43H2,1-3H3/b10-7-,19-16-,22-21-,25-24-,28-27-,35-32-. The van der Waals surface area contributed by atoms with Crippen LogP contribution in [0.15, 0.2) is 72.9 Å². The van der Waals surface area contributed by atoms with Gasteiger partial charge in [-0.1, -0.05) is 184 Å². The number of esters is 3. The normalized spacial score (nSPS) is 12.2. The van der Waals surface area contributed by atoms with Gasteiger partial charge in [0.2, 0.25) is 0 Å². The van der Waals surface area contributed by atoms with Gasteiger partial charge in [0.1, 0.15) is 13.2 Å². The van der Waals surface area contributed by atoms with E-state index in [1.165, 1.54) is 64.2 Å². The first-order valence-electron chi connectivity index (χ1n) is 21.4. The molecule has 6 heteroatoms. The van der Waals surface area contributed by atoms with E-state index in [4.69, 9.17) is 14.2 Å². The number of ether oxygens (including phenoxy) is 3. The molecule has 0 amide bonds. The van der Waals surface area contributed by atoms with Gasteiger partial charge in [0.15, 0.2) is 6.10 Å². The lowest BCUT2D eigenvalue weighted by Crippen LogP contribution is -2.30. The number of hydrogen-bond acceptors (Lipinski definition) is 6. The minimum atomic E-state index is -0.808. The van der Waals surface area contributed by atoms with Crippen LogP contribution >= 0.6 is 0 Å². The van der Waals surface area contributed by atoms with Gasteiger partial charge in [0, 0.05) is 19.3 Å². The highest BCUT2D eigenvalue weighted by atomic mass is 16.6. The number of carbonyl (C=O) groups excluding carboxylic acids is 3. The molecule has 53 heavy (non-hydrogen) atoms. The summed E-state index contributed by atoms with van der Waals surface area (Å²) in [6.45, 7) is 6.37. The molecule has 0 rings (SSSR count). The molecule has 0 aromatic rings. The Kier molecular flexibility index (Phi) is 39.1. The topological polar surface area (TPSA) is 78.9 Å². The second-order valence-corrected chi connectivity index (χ2v) is 13.9. The maximum absolute atomic E-state index is 12.6. The van der Waals surface area contributed by atoms with Crippen molar-refractivity contribution in [3.8, 4) is 0 Å². The SMILES string of the molecule is CC/C=C\C/C=C\C/C=C\C/C=C\C/C=C\C/C=C\CCC(=O)OC(COC(=O)CCCCCCCCCC)COC(=O)CCCCCCCCCC. The molecule has 0 saturated heterocycles. The van der Waals surface area contributed by atoms with E-state index in [1.807, 2.05) is 12.2 Å². The molecule has 0 aromatic carbocycles. The second kappa shape index (κ2) is 41.6. The lowest BCUT2D eigenvalue weighted by Gasteiger charge is -2.18. The van der Waals surface area contributed by atoms with Crippen molar-refractivity contribution in [1.29, 1.82) is 0 Å². The van der Waals surface area contributed by atoms with Crippen LogP contribution in [0, 0.1) is 0 Å². The molecule has 0 N–H and O–H groups in total. The first-order valence-corrected chi connectivity index (χ1v) is 21.4. The van der Waals surface area contributed by atoms with Crippen molar-refractivity contribution >= 4 is 17.9 Å². The zero-order chi connectivity index (χ0) is 38.7. The van der Waals surface area contributed by atoms with Crippen LogP contribution in [0.3, 0.4) is 0 Å². The first kappa shape index (κ1) is 49.9. The molecule has 0 atom stereocenters. The predicted molar refractivity (Wildman–Crippen MR) is 224 cm³/mol. The van der Waals surface area contributed by atoms with Crippen molar-refractivity contribution in [2.75, 3.05) is 13.2 Å². The molecule has 0 aliphatic heterocycles. The highest BCUT2D eigenvalue weighted by Gasteiger charge is 2.19. The molecule has 0 saturated carbocycles. The Morgan fingerprint density at radius 2 is 0.736 bits per heavy atom. The van der Waals surface area contributed by atoms with E-state index in [1.54, 1.807) is 0 Å². The molecular weight excluding hydrogens is 661 g/mol. The Labute approximate surface area is 325 Å². The van der Waals surface area contributed by atoms with Crippen LogP contribution in [-0.4, -0.2) is 37.2 Å². The third-order valence-electron chi connectivity index (χ3n) is 8.74. The van der Waals surface area contributed by atoms with E-state index < -0.39 is 12.1 Å². The van der Waals surface area contributed by atoms with E-state index in [0.29, 0.717) is 19.3 Å². The summed E-state index contributed by atoms with van der Waals surface area (Å²) in [5.74, 6) is -1.01. The lowest BCUT2D eigenvalue weighted by molar-refractivity contribution is -0.166. The Bertz CT molecular complexity index is 998. The predicted octanol–water partition coefficient (Wildman–Crippen LogP) is 13.5. The summed E-state index contributed by atoms with van der Waals surface area (Å²) in [6, 6.07) is 0. The van der Waals surface area contributed by atoms with Crippen LogP contribution in [-0.2, 0) is 28.6 Å². The van der Waals surface area contributed by atoms with E-state index in [-0.39, 0.29) is 31.6 Å². The molecule has 0 spiro atoms. The maximum atomic E-state index is 12.6. The van der Waals surface area contributed by atoms with Crippen LogP contribution in [0.4, 0.5) is 0 Å². The van der Waals surface area contributed by atoms with E-state index >= 15 is 0 Å². The van der Waals surface area contributed by atoms with Crippen LogP contribution in [0.25, 0.3) is 0 Å². The average molecular weight is 739 g/mol.